The first-order chi connectivity index (χ1) is 19.6. The van der Waals surface area contributed by atoms with Crippen LogP contribution in [0.15, 0.2) is 60.7 Å². The number of piperidine rings is 1. The summed E-state index contributed by atoms with van der Waals surface area (Å²) in [5.41, 5.74) is 4.84. The Kier molecular flexibility index (Phi) is 8.17. The standard InChI is InChI=1S/C34H42N4O2/c1-2-38-16-6-11-32(38)20-35-33(39)29-18-30(34(40)36-31-15-14-26-9-5-10-28(26)19-31)23-37(22-29)21-24-12-13-25-7-3-4-8-27(25)17-24/h3-4,7-8,12-15,17,19,29-30,32H,2,5-6,9-11,16,18,20-23H2,1H3,(H,35,39)(H,36,40)/t29-,30+,32+/m0/s1. The zero-order chi connectivity index (χ0) is 27.5. The number of likely N-dealkylation sites (N-methyl/N-ethyl adjacent to an activating group) is 1. The van der Waals surface area contributed by atoms with Crippen LogP contribution in [-0.2, 0) is 29.0 Å². The van der Waals surface area contributed by atoms with Gasteiger partial charge in [0.25, 0.3) is 0 Å². The van der Waals surface area contributed by atoms with Crippen LogP contribution in [0.1, 0.15) is 49.3 Å². The van der Waals surface area contributed by atoms with E-state index in [0.717, 1.165) is 44.6 Å². The molecule has 0 radical (unpaired) electrons. The number of nitrogens with one attached hydrogen (secondary N) is 2. The van der Waals surface area contributed by atoms with Gasteiger partial charge in [0.1, 0.15) is 0 Å². The third-order valence-corrected chi connectivity index (χ3v) is 9.27. The van der Waals surface area contributed by atoms with E-state index in [4.69, 9.17) is 0 Å². The van der Waals surface area contributed by atoms with E-state index in [1.165, 1.54) is 40.3 Å². The van der Waals surface area contributed by atoms with Gasteiger partial charge in [-0.05, 0) is 97.3 Å². The van der Waals surface area contributed by atoms with Gasteiger partial charge in [-0.3, -0.25) is 19.4 Å². The Morgan fingerprint density at radius 3 is 2.52 bits per heavy atom. The Balaban J connectivity index is 1.16. The topological polar surface area (TPSA) is 64.7 Å². The minimum Gasteiger partial charge on any atom is -0.354 e. The van der Waals surface area contributed by atoms with Crippen molar-refractivity contribution in [3.05, 3.63) is 77.4 Å². The summed E-state index contributed by atoms with van der Waals surface area (Å²) in [7, 11) is 0. The van der Waals surface area contributed by atoms with Crippen LogP contribution in [0.25, 0.3) is 10.8 Å². The summed E-state index contributed by atoms with van der Waals surface area (Å²) in [5, 5.41) is 8.90. The van der Waals surface area contributed by atoms with Gasteiger partial charge in [-0.25, -0.2) is 0 Å². The monoisotopic (exact) mass is 538 g/mol. The average molecular weight is 539 g/mol. The molecule has 2 saturated heterocycles. The zero-order valence-corrected chi connectivity index (χ0v) is 23.7. The quantitative estimate of drug-likeness (QED) is 0.424. The highest BCUT2D eigenvalue weighted by Crippen LogP contribution is 2.28. The summed E-state index contributed by atoms with van der Waals surface area (Å²) in [6.07, 6.45) is 6.32. The third kappa shape index (κ3) is 6.08. The molecule has 2 amide bonds. The van der Waals surface area contributed by atoms with Crippen molar-refractivity contribution in [3.63, 3.8) is 0 Å². The summed E-state index contributed by atoms with van der Waals surface area (Å²) < 4.78 is 0. The van der Waals surface area contributed by atoms with Crippen LogP contribution in [-0.4, -0.2) is 60.4 Å². The van der Waals surface area contributed by atoms with Crippen LogP contribution >= 0.6 is 0 Å². The van der Waals surface area contributed by atoms with Gasteiger partial charge in [-0.2, -0.15) is 0 Å². The van der Waals surface area contributed by atoms with Crippen molar-refractivity contribution in [2.75, 3.05) is 38.0 Å². The lowest BCUT2D eigenvalue weighted by molar-refractivity contribution is -0.130. The highest BCUT2D eigenvalue weighted by atomic mass is 16.2. The molecule has 0 bridgehead atoms. The Hall–Kier alpha value is -3.22. The van der Waals surface area contributed by atoms with Gasteiger partial charge in [0.15, 0.2) is 0 Å². The van der Waals surface area contributed by atoms with Gasteiger partial charge < -0.3 is 10.6 Å². The van der Waals surface area contributed by atoms with E-state index >= 15 is 0 Å². The van der Waals surface area contributed by atoms with E-state index in [0.29, 0.717) is 32.1 Å². The van der Waals surface area contributed by atoms with Crippen LogP contribution in [0.2, 0.25) is 0 Å². The number of anilines is 1. The molecule has 0 aromatic heterocycles. The first kappa shape index (κ1) is 27.0. The van der Waals surface area contributed by atoms with E-state index in [-0.39, 0.29) is 23.7 Å². The van der Waals surface area contributed by atoms with Gasteiger partial charge in [0, 0.05) is 37.9 Å². The number of fused-ring (bicyclic) bond motifs is 2. The number of aryl methyl sites for hydroxylation is 2. The summed E-state index contributed by atoms with van der Waals surface area (Å²) in [4.78, 5) is 31.8. The smallest absolute Gasteiger partial charge is 0.228 e. The van der Waals surface area contributed by atoms with E-state index in [1.807, 2.05) is 6.07 Å². The molecule has 3 atom stereocenters. The van der Waals surface area contributed by atoms with Gasteiger partial charge in [0.05, 0.1) is 11.8 Å². The normalized spacial score (nSPS) is 23.3. The molecule has 1 aliphatic carbocycles. The van der Waals surface area contributed by atoms with Crippen LogP contribution in [0.3, 0.4) is 0 Å². The number of benzene rings is 3. The number of hydrogen-bond donors (Lipinski definition) is 2. The molecule has 40 heavy (non-hydrogen) atoms. The van der Waals surface area contributed by atoms with Crippen molar-refractivity contribution in [1.29, 1.82) is 0 Å². The second-order valence-electron chi connectivity index (χ2n) is 12.0. The summed E-state index contributed by atoms with van der Waals surface area (Å²) in [6, 6.07) is 21.7. The van der Waals surface area contributed by atoms with Crippen molar-refractivity contribution in [1.82, 2.24) is 15.1 Å². The fourth-order valence-corrected chi connectivity index (χ4v) is 7.09. The van der Waals surface area contributed by atoms with E-state index in [1.54, 1.807) is 0 Å². The van der Waals surface area contributed by atoms with Gasteiger partial charge in [0.2, 0.25) is 11.8 Å². The second-order valence-corrected chi connectivity index (χ2v) is 12.0. The fourth-order valence-electron chi connectivity index (χ4n) is 7.09. The van der Waals surface area contributed by atoms with Crippen molar-refractivity contribution in [3.8, 4) is 0 Å². The maximum absolute atomic E-state index is 13.6. The predicted octanol–water partition coefficient (Wildman–Crippen LogP) is 5.01. The molecular weight excluding hydrogens is 496 g/mol. The number of likely N-dealkylation sites (tertiary alicyclic amines) is 2. The minimum atomic E-state index is -0.239. The lowest BCUT2D eigenvalue weighted by Gasteiger charge is -2.37. The first-order valence-electron chi connectivity index (χ1n) is 15.2. The van der Waals surface area contributed by atoms with E-state index in [9.17, 15) is 9.59 Å². The second kappa shape index (κ2) is 12.1. The third-order valence-electron chi connectivity index (χ3n) is 9.27. The number of carbonyl (C=O) groups excluding carboxylic acids is 2. The highest BCUT2D eigenvalue weighted by molar-refractivity contribution is 5.93. The number of amides is 2. The summed E-state index contributed by atoms with van der Waals surface area (Å²) in [6.45, 7) is 7.07. The van der Waals surface area contributed by atoms with E-state index in [2.05, 4.69) is 82.0 Å². The molecule has 2 heterocycles. The summed E-state index contributed by atoms with van der Waals surface area (Å²) >= 11 is 0. The van der Waals surface area contributed by atoms with Crippen molar-refractivity contribution in [2.24, 2.45) is 11.8 Å². The number of hydrogen-bond acceptors (Lipinski definition) is 4. The molecule has 3 aromatic rings. The molecule has 6 heteroatoms. The predicted molar refractivity (Wildman–Crippen MR) is 161 cm³/mol. The van der Waals surface area contributed by atoms with Crippen LogP contribution in [0, 0.1) is 11.8 Å². The molecule has 6 rings (SSSR count). The van der Waals surface area contributed by atoms with Crippen LogP contribution in [0.4, 0.5) is 5.69 Å². The molecule has 2 N–H and O–H groups in total. The maximum Gasteiger partial charge on any atom is 0.228 e. The Bertz CT molecular complexity index is 1370. The molecule has 0 saturated carbocycles. The molecule has 2 aliphatic heterocycles. The molecule has 210 valence electrons. The Morgan fingerprint density at radius 2 is 1.68 bits per heavy atom. The highest BCUT2D eigenvalue weighted by Gasteiger charge is 2.36. The molecule has 3 aromatic carbocycles. The molecular formula is C34H42N4O2. The van der Waals surface area contributed by atoms with Gasteiger partial charge in [-0.15, -0.1) is 0 Å². The molecule has 2 fully saturated rings. The molecule has 0 spiro atoms. The minimum absolute atomic E-state index is 0.0203. The van der Waals surface area contributed by atoms with Gasteiger partial charge >= 0.3 is 0 Å². The van der Waals surface area contributed by atoms with Crippen LogP contribution < -0.4 is 10.6 Å². The lowest BCUT2D eigenvalue weighted by Crippen LogP contribution is -2.50. The van der Waals surface area contributed by atoms with E-state index < -0.39 is 0 Å². The number of rotatable bonds is 8. The molecule has 6 nitrogen and oxygen atoms in total. The molecule has 3 aliphatic rings. The average Bonchev–Trinajstić information content (AvgIpc) is 3.64. The Morgan fingerprint density at radius 1 is 0.875 bits per heavy atom. The lowest BCUT2D eigenvalue weighted by atomic mass is 9.87. The van der Waals surface area contributed by atoms with Crippen molar-refractivity contribution in [2.45, 2.75) is 58.0 Å². The summed E-state index contributed by atoms with van der Waals surface area (Å²) in [5.74, 6) is -0.341. The zero-order valence-electron chi connectivity index (χ0n) is 23.7. The fraction of sp³-hybridized carbons (Fsp3) is 0.471. The number of carbonyl (C=O) groups is 2. The number of nitrogens with zero attached hydrogens (tertiary/aromatic N) is 2. The van der Waals surface area contributed by atoms with Crippen LogP contribution in [0.5, 0.6) is 0 Å². The maximum atomic E-state index is 13.6. The van der Waals surface area contributed by atoms with Gasteiger partial charge in [-0.1, -0.05) is 49.4 Å². The SMILES string of the molecule is CCN1CCC[C@@H]1CNC(=O)[C@H]1C[C@@H](C(=O)Nc2ccc3c(c2)CCC3)CN(Cc2ccc3ccccc3c2)C1. The first-order valence-corrected chi connectivity index (χ1v) is 15.2. The molecule has 0 unspecified atom stereocenters. The largest absolute Gasteiger partial charge is 0.354 e. The Labute approximate surface area is 238 Å². The van der Waals surface area contributed by atoms with Crippen molar-refractivity contribution < 1.29 is 9.59 Å². The van der Waals surface area contributed by atoms with Crippen molar-refractivity contribution >= 4 is 28.3 Å².